The first-order chi connectivity index (χ1) is 11.1. The van der Waals surface area contributed by atoms with Crippen molar-refractivity contribution in [3.8, 4) is 5.69 Å². The number of rotatable bonds is 3. The lowest BCUT2D eigenvalue weighted by atomic mass is 10.1. The van der Waals surface area contributed by atoms with Crippen LogP contribution in [0.3, 0.4) is 0 Å². The van der Waals surface area contributed by atoms with Crippen LogP contribution < -0.4 is 5.32 Å². The molecule has 0 fully saturated rings. The summed E-state index contributed by atoms with van der Waals surface area (Å²) in [4.78, 5) is 12.1. The zero-order valence-corrected chi connectivity index (χ0v) is 11.6. The molecule has 0 radical (unpaired) electrons. The van der Waals surface area contributed by atoms with Crippen LogP contribution in [0.1, 0.15) is 10.4 Å². The molecule has 0 unspecified atom stereocenters. The molecule has 1 amide bonds. The highest BCUT2D eigenvalue weighted by Gasteiger charge is 2.18. The van der Waals surface area contributed by atoms with Gasteiger partial charge in [0.2, 0.25) is 0 Å². The fraction of sp³-hybridized carbons (Fsp3) is 0. The third kappa shape index (κ3) is 2.94. The van der Waals surface area contributed by atoms with Crippen molar-refractivity contribution in [2.45, 2.75) is 0 Å². The van der Waals surface area contributed by atoms with E-state index in [-0.39, 0.29) is 11.4 Å². The van der Waals surface area contributed by atoms with Crippen molar-refractivity contribution in [1.29, 1.82) is 0 Å². The quantitative estimate of drug-likeness (QED) is 0.803. The fourth-order valence-electron chi connectivity index (χ4n) is 2.09. The molecule has 7 heteroatoms. The molecule has 0 aliphatic rings. The van der Waals surface area contributed by atoms with Gasteiger partial charge in [-0.15, -0.1) is 0 Å². The highest BCUT2D eigenvalue weighted by atomic mass is 19.1. The number of nitrogens with one attached hydrogen (secondary N) is 1. The molecule has 0 saturated heterocycles. The van der Waals surface area contributed by atoms with Gasteiger partial charge in [0.25, 0.3) is 5.91 Å². The molecule has 1 aromatic heterocycles. The molecule has 0 aliphatic heterocycles. The Balaban J connectivity index is 2.00. The monoisotopic (exact) mass is 317 g/mol. The lowest BCUT2D eigenvalue weighted by molar-refractivity contribution is 0.102. The predicted octanol–water partition coefficient (Wildman–Crippen LogP) is 3.54. The van der Waals surface area contributed by atoms with Gasteiger partial charge < -0.3 is 5.32 Å². The first kappa shape index (κ1) is 14.8. The molecule has 0 saturated carbocycles. The van der Waals surface area contributed by atoms with Gasteiger partial charge in [0.15, 0.2) is 0 Å². The minimum absolute atomic E-state index is 0.176. The van der Waals surface area contributed by atoms with E-state index in [4.69, 9.17) is 0 Å². The largest absolute Gasteiger partial charge is 0.318 e. The van der Waals surface area contributed by atoms with Crippen LogP contribution in [-0.4, -0.2) is 15.7 Å². The molecule has 3 rings (SSSR count). The van der Waals surface area contributed by atoms with E-state index in [1.54, 1.807) is 12.3 Å². The average Bonchev–Trinajstić information content (AvgIpc) is 3.05. The number of benzene rings is 2. The van der Waals surface area contributed by atoms with Crippen LogP contribution in [0.2, 0.25) is 0 Å². The number of nitrogens with zero attached hydrogens (tertiary/aromatic N) is 2. The molecule has 1 N–H and O–H groups in total. The van der Waals surface area contributed by atoms with Crippen molar-refractivity contribution in [3.05, 3.63) is 77.9 Å². The molecule has 2 aromatic carbocycles. The Labute approximate surface area is 129 Å². The standard InChI is InChI=1S/C16H10F3N3O/c17-10-5-6-12(18)11(9-10)16(23)21-15-13(19)3-1-4-14(15)22-8-2-7-20-22/h1-9H,(H,21,23). The maximum Gasteiger partial charge on any atom is 0.258 e. The zero-order chi connectivity index (χ0) is 16.4. The lowest BCUT2D eigenvalue weighted by Gasteiger charge is -2.12. The van der Waals surface area contributed by atoms with Crippen LogP contribution in [0.4, 0.5) is 18.9 Å². The molecule has 0 atom stereocenters. The van der Waals surface area contributed by atoms with Crippen molar-refractivity contribution in [3.63, 3.8) is 0 Å². The zero-order valence-electron chi connectivity index (χ0n) is 11.6. The Kier molecular flexibility index (Phi) is 3.84. The second-order valence-corrected chi connectivity index (χ2v) is 4.66. The van der Waals surface area contributed by atoms with E-state index in [1.165, 1.54) is 23.0 Å². The first-order valence-corrected chi connectivity index (χ1v) is 6.61. The average molecular weight is 317 g/mol. The third-order valence-electron chi connectivity index (χ3n) is 3.15. The molecule has 3 aromatic rings. The summed E-state index contributed by atoms with van der Waals surface area (Å²) in [6.07, 6.45) is 3.05. The topological polar surface area (TPSA) is 46.9 Å². The van der Waals surface area contributed by atoms with E-state index in [2.05, 4.69) is 10.4 Å². The number of amides is 1. The van der Waals surface area contributed by atoms with Crippen LogP contribution in [0, 0.1) is 17.5 Å². The van der Waals surface area contributed by atoms with Crippen LogP contribution in [0.25, 0.3) is 5.69 Å². The summed E-state index contributed by atoms with van der Waals surface area (Å²) in [5.74, 6) is -3.35. The van der Waals surface area contributed by atoms with Gasteiger partial charge in [-0.3, -0.25) is 4.79 Å². The highest BCUT2D eigenvalue weighted by Crippen LogP contribution is 2.24. The number of halogens is 3. The van der Waals surface area contributed by atoms with Gasteiger partial charge >= 0.3 is 0 Å². The second-order valence-electron chi connectivity index (χ2n) is 4.66. The summed E-state index contributed by atoms with van der Waals surface area (Å²) in [6, 6.07) is 8.23. The number of hydrogen-bond acceptors (Lipinski definition) is 2. The number of aromatic nitrogens is 2. The van der Waals surface area contributed by atoms with Gasteiger partial charge in [0.1, 0.15) is 23.1 Å². The summed E-state index contributed by atoms with van der Waals surface area (Å²) in [6.45, 7) is 0. The maximum absolute atomic E-state index is 14.1. The molecular weight excluding hydrogens is 307 g/mol. The predicted molar refractivity (Wildman–Crippen MR) is 77.8 cm³/mol. The van der Waals surface area contributed by atoms with Gasteiger partial charge in [-0.2, -0.15) is 5.10 Å². The van der Waals surface area contributed by atoms with Gasteiger partial charge in [-0.25, -0.2) is 17.9 Å². The van der Waals surface area contributed by atoms with Gasteiger partial charge in [0.05, 0.1) is 11.3 Å². The lowest BCUT2D eigenvalue weighted by Crippen LogP contribution is -2.17. The normalized spacial score (nSPS) is 10.6. The van der Waals surface area contributed by atoms with Crippen molar-refractivity contribution in [2.24, 2.45) is 0 Å². The minimum Gasteiger partial charge on any atom is -0.318 e. The van der Waals surface area contributed by atoms with Gasteiger partial charge in [-0.1, -0.05) is 6.07 Å². The van der Waals surface area contributed by atoms with Gasteiger partial charge in [0, 0.05) is 12.4 Å². The van der Waals surface area contributed by atoms with E-state index >= 15 is 0 Å². The highest BCUT2D eigenvalue weighted by molar-refractivity contribution is 6.05. The van der Waals surface area contributed by atoms with Crippen molar-refractivity contribution in [1.82, 2.24) is 9.78 Å². The molecular formula is C16H10F3N3O. The Bertz CT molecular complexity index is 863. The second kappa shape index (κ2) is 5.96. The van der Waals surface area contributed by atoms with E-state index in [0.29, 0.717) is 0 Å². The minimum atomic E-state index is -0.958. The van der Waals surface area contributed by atoms with E-state index in [1.807, 2.05) is 0 Å². The van der Waals surface area contributed by atoms with Crippen LogP contribution in [0.5, 0.6) is 0 Å². The van der Waals surface area contributed by atoms with Crippen LogP contribution >= 0.6 is 0 Å². The molecule has 116 valence electrons. The summed E-state index contributed by atoms with van der Waals surface area (Å²) in [5, 5.41) is 6.23. The smallest absolute Gasteiger partial charge is 0.258 e. The summed E-state index contributed by atoms with van der Waals surface area (Å²) >= 11 is 0. The number of carbonyl (C=O) groups is 1. The Morgan fingerprint density at radius 2 is 1.87 bits per heavy atom. The molecule has 1 heterocycles. The first-order valence-electron chi connectivity index (χ1n) is 6.61. The molecule has 23 heavy (non-hydrogen) atoms. The number of hydrogen-bond donors (Lipinski definition) is 1. The number of carbonyl (C=O) groups excluding carboxylic acids is 1. The number of anilines is 1. The molecule has 0 aliphatic carbocycles. The Morgan fingerprint density at radius 3 is 2.61 bits per heavy atom. The Hall–Kier alpha value is -3.09. The van der Waals surface area contributed by atoms with Crippen LogP contribution in [-0.2, 0) is 0 Å². The van der Waals surface area contributed by atoms with E-state index < -0.39 is 28.9 Å². The van der Waals surface area contributed by atoms with Crippen molar-refractivity contribution in [2.75, 3.05) is 5.32 Å². The van der Waals surface area contributed by atoms with Crippen molar-refractivity contribution < 1.29 is 18.0 Å². The number of para-hydroxylation sites is 1. The SMILES string of the molecule is O=C(Nc1c(F)cccc1-n1cccn1)c1cc(F)ccc1F. The maximum atomic E-state index is 14.1. The summed E-state index contributed by atoms with van der Waals surface area (Å²) in [7, 11) is 0. The third-order valence-corrected chi connectivity index (χ3v) is 3.15. The Morgan fingerprint density at radius 1 is 1.04 bits per heavy atom. The van der Waals surface area contributed by atoms with Crippen molar-refractivity contribution >= 4 is 11.6 Å². The van der Waals surface area contributed by atoms with Crippen LogP contribution in [0.15, 0.2) is 54.9 Å². The fourth-order valence-corrected chi connectivity index (χ4v) is 2.09. The summed E-state index contributed by atoms with van der Waals surface area (Å²) < 4.78 is 42.3. The van der Waals surface area contributed by atoms with E-state index in [0.717, 1.165) is 24.3 Å². The molecule has 0 spiro atoms. The molecule has 4 nitrogen and oxygen atoms in total. The van der Waals surface area contributed by atoms with Gasteiger partial charge in [-0.05, 0) is 36.4 Å². The van der Waals surface area contributed by atoms with E-state index in [9.17, 15) is 18.0 Å². The molecule has 0 bridgehead atoms. The summed E-state index contributed by atoms with van der Waals surface area (Å²) in [5.41, 5.74) is -0.426.